The zero-order chi connectivity index (χ0) is 14.0. The van der Waals surface area contributed by atoms with Crippen molar-refractivity contribution in [2.24, 2.45) is 5.84 Å². The predicted molar refractivity (Wildman–Crippen MR) is 72.5 cm³/mol. The molecule has 1 aromatic heterocycles. The molecule has 1 aromatic carbocycles. The number of hydrazine groups is 1. The second kappa shape index (κ2) is 6.00. The average Bonchev–Trinajstić information content (AvgIpc) is 2.81. The molecule has 0 aliphatic rings. The van der Waals surface area contributed by atoms with Gasteiger partial charge in [0.25, 0.3) is 0 Å². The molecule has 0 fully saturated rings. The lowest BCUT2D eigenvalue weighted by atomic mass is 10.0. The van der Waals surface area contributed by atoms with Gasteiger partial charge in [0.15, 0.2) is 0 Å². The lowest BCUT2D eigenvalue weighted by molar-refractivity contribution is 0.500. The number of nitrogens with two attached hydrogens (primary N) is 1. The SMILES string of the molecule is Cc1nnsc1C(Cc1c(F)ccc(Br)c1F)NN. The van der Waals surface area contributed by atoms with Crippen molar-refractivity contribution in [3.63, 3.8) is 0 Å². The molecule has 2 aromatic rings. The van der Waals surface area contributed by atoms with Crippen LogP contribution in [-0.2, 0) is 6.42 Å². The Morgan fingerprint density at radius 3 is 2.79 bits per heavy atom. The Bertz CT molecular complexity index is 590. The number of aryl methyl sites for hydroxylation is 1. The van der Waals surface area contributed by atoms with E-state index in [1.807, 2.05) is 0 Å². The van der Waals surface area contributed by atoms with Crippen LogP contribution < -0.4 is 11.3 Å². The van der Waals surface area contributed by atoms with E-state index in [0.29, 0.717) is 5.69 Å². The first-order valence-corrected chi connectivity index (χ1v) is 6.98. The van der Waals surface area contributed by atoms with Crippen LogP contribution in [0.4, 0.5) is 8.78 Å². The van der Waals surface area contributed by atoms with Crippen LogP contribution in [0.5, 0.6) is 0 Å². The molecule has 1 atom stereocenters. The van der Waals surface area contributed by atoms with Crippen LogP contribution in [0.25, 0.3) is 0 Å². The summed E-state index contributed by atoms with van der Waals surface area (Å²) >= 11 is 4.20. The number of nitrogens with one attached hydrogen (secondary N) is 1. The highest BCUT2D eigenvalue weighted by molar-refractivity contribution is 9.10. The van der Waals surface area contributed by atoms with E-state index >= 15 is 0 Å². The summed E-state index contributed by atoms with van der Waals surface area (Å²) in [7, 11) is 0. The van der Waals surface area contributed by atoms with Crippen molar-refractivity contribution in [2.75, 3.05) is 0 Å². The number of aromatic nitrogens is 2. The number of nitrogens with zero attached hydrogens (tertiary/aromatic N) is 2. The van der Waals surface area contributed by atoms with Crippen molar-refractivity contribution in [3.8, 4) is 0 Å². The van der Waals surface area contributed by atoms with E-state index in [-0.39, 0.29) is 16.5 Å². The van der Waals surface area contributed by atoms with E-state index in [4.69, 9.17) is 5.84 Å². The maximum atomic E-state index is 13.9. The van der Waals surface area contributed by atoms with Crippen molar-refractivity contribution in [1.82, 2.24) is 15.0 Å². The molecular weight excluding hydrogens is 338 g/mol. The summed E-state index contributed by atoms with van der Waals surface area (Å²) in [6.45, 7) is 1.77. The average molecular weight is 349 g/mol. The smallest absolute Gasteiger partial charge is 0.143 e. The minimum atomic E-state index is -0.615. The summed E-state index contributed by atoms with van der Waals surface area (Å²) < 4.78 is 31.6. The standard InChI is InChI=1S/C11H11BrF2N4S/c1-5-11(19-18-17-5)9(16-15)4-6-8(13)3-2-7(12)10(6)14/h2-3,9,16H,4,15H2,1H3. The van der Waals surface area contributed by atoms with E-state index in [2.05, 4.69) is 30.9 Å². The fourth-order valence-corrected chi connectivity index (χ4v) is 2.82. The van der Waals surface area contributed by atoms with Gasteiger partial charge in [-0.05, 0) is 52.9 Å². The molecule has 0 aliphatic carbocycles. The highest BCUT2D eigenvalue weighted by Crippen LogP contribution is 2.28. The molecule has 0 bridgehead atoms. The Kier molecular flexibility index (Phi) is 4.56. The van der Waals surface area contributed by atoms with Crippen molar-refractivity contribution < 1.29 is 8.78 Å². The summed E-state index contributed by atoms with van der Waals surface area (Å²) in [6, 6.07) is 2.12. The van der Waals surface area contributed by atoms with Gasteiger partial charge in [-0.15, -0.1) is 5.10 Å². The molecule has 3 N–H and O–H groups in total. The van der Waals surface area contributed by atoms with Crippen molar-refractivity contribution in [3.05, 3.63) is 44.4 Å². The van der Waals surface area contributed by atoms with Gasteiger partial charge < -0.3 is 0 Å². The molecule has 1 unspecified atom stereocenters. The molecule has 0 radical (unpaired) electrons. The zero-order valence-corrected chi connectivity index (χ0v) is 12.4. The topological polar surface area (TPSA) is 63.8 Å². The second-order valence-corrected chi connectivity index (χ2v) is 5.61. The molecule has 0 amide bonds. The molecular formula is C11H11BrF2N4S. The van der Waals surface area contributed by atoms with Crippen LogP contribution in [0, 0.1) is 18.6 Å². The van der Waals surface area contributed by atoms with Gasteiger partial charge in [0.1, 0.15) is 11.6 Å². The molecule has 102 valence electrons. The molecule has 19 heavy (non-hydrogen) atoms. The first-order chi connectivity index (χ1) is 9.04. The highest BCUT2D eigenvalue weighted by atomic mass is 79.9. The Morgan fingerprint density at radius 1 is 1.47 bits per heavy atom. The summed E-state index contributed by atoms with van der Waals surface area (Å²) in [5.74, 6) is 4.25. The molecule has 1 heterocycles. The normalized spacial score (nSPS) is 12.7. The minimum absolute atomic E-state index is 0.0230. The molecule has 4 nitrogen and oxygen atoms in total. The van der Waals surface area contributed by atoms with Gasteiger partial charge in [0, 0.05) is 5.56 Å². The van der Waals surface area contributed by atoms with E-state index in [1.54, 1.807) is 6.92 Å². The first kappa shape index (κ1) is 14.4. The van der Waals surface area contributed by atoms with Crippen LogP contribution in [0.3, 0.4) is 0 Å². The van der Waals surface area contributed by atoms with Crippen molar-refractivity contribution in [2.45, 2.75) is 19.4 Å². The monoisotopic (exact) mass is 348 g/mol. The van der Waals surface area contributed by atoms with Crippen molar-refractivity contribution >= 4 is 27.5 Å². The Morgan fingerprint density at radius 2 is 2.21 bits per heavy atom. The van der Waals surface area contributed by atoms with Gasteiger partial charge in [0.2, 0.25) is 0 Å². The summed E-state index contributed by atoms with van der Waals surface area (Å²) in [4.78, 5) is 0.765. The Balaban J connectivity index is 2.34. The Hall–Kier alpha value is -0.960. The predicted octanol–water partition coefficient (Wildman–Crippen LogP) is 2.63. The number of hydrogen-bond acceptors (Lipinski definition) is 5. The molecule has 8 heteroatoms. The highest BCUT2D eigenvalue weighted by Gasteiger charge is 2.21. The molecule has 0 saturated heterocycles. The molecule has 2 rings (SSSR count). The van der Waals surface area contributed by atoms with Crippen LogP contribution in [0.1, 0.15) is 22.2 Å². The van der Waals surface area contributed by atoms with Gasteiger partial charge in [0.05, 0.1) is 21.1 Å². The maximum absolute atomic E-state index is 13.9. The number of hydrogen-bond donors (Lipinski definition) is 2. The van der Waals surface area contributed by atoms with Crippen LogP contribution in [0.15, 0.2) is 16.6 Å². The zero-order valence-electron chi connectivity index (χ0n) is 9.95. The largest absolute Gasteiger partial charge is 0.271 e. The first-order valence-electron chi connectivity index (χ1n) is 5.42. The van der Waals surface area contributed by atoms with E-state index in [1.165, 1.54) is 12.1 Å². The summed E-state index contributed by atoms with van der Waals surface area (Å²) in [6.07, 6.45) is 0.0817. The molecule has 0 spiro atoms. The quantitative estimate of drug-likeness (QED) is 0.506. The van der Waals surface area contributed by atoms with E-state index < -0.39 is 17.7 Å². The van der Waals surface area contributed by atoms with E-state index in [0.717, 1.165) is 16.4 Å². The van der Waals surface area contributed by atoms with Gasteiger partial charge in [-0.1, -0.05) is 4.49 Å². The van der Waals surface area contributed by atoms with Gasteiger partial charge in [-0.3, -0.25) is 11.3 Å². The number of benzene rings is 1. The number of halogens is 3. The molecule has 0 saturated carbocycles. The fraction of sp³-hybridized carbons (Fsp3) is 0.273. The lowest BCUT2D eigenvalue weighted by Gasteiger charge is -2.15. The van der Waals surface area contributed by atoms with Gasteiger partial charge in [-0.25, -0.2) is 8.78 Å². The van der Waals surface area contributed by atoms with Gasteiger partial charge in [-0.2, -0.15) is 0 Å². The maximum Gasteiger partial charge on any atom is 0.143 e. The third-order valence-corrected chi connectivity index (χ3v) is 4.30. The van der Waals surface area contributed by atoms with E-state index in [9.17, 15) is 8.78 Å². The Labute approximate surface area is 121 Å². The van der Waals surface area contributed by atoms with Crippen LogP contribution >= 0.6 is 27.5 Å². The summed E-state index contributed by atoms with van der Waals surface area (Å²) in [5.41, 5.74) is 3.22. The molecule has 0 aliphatic heterocycles. The van der Waals surface area contributed by atoms with Crippen LogP contribution in [-0.4, -0.2) is 9.59 Å². The summed E-state index contributed by atoms with van der Waals surface area (Å²) in [5, 5.41) is 3.87. The third-order valence-electron chi connectivity index (χ3n) is 2.75. The van der Waals surface area contributed by atoms with Crippen LogP contribution in [0.2, 0.25) is 0 Å². The fourth-order valence-electron chi connectivity index (χ4n) is 1.74. The number of rotatable bonds is 4. The third kappa shape index (κ3) is 2.97. The van der Waals surface area contributed by atoms with Crippen molar-refractivity contribution in [1.29, 1.82) is 0 Å². The second-order valence-electron chi connectivity index (χ2n) is 3.97. The van der Waals surface area contributed by atoms with Gasteiger partial charge >= 0.3 is 0 Å². The lowest BCUT2D eigenvalue weighted by Crippen LogP contribution is -2.30. The minimum Gasteiger partial charge on any atom is -0.271 e.